The topological polar surface area (TPSA) is 298 Å². The van der Waals surface area contributed by atoms with Gasteiger partial charge in [-0.2, -0.15) is 10.2 Å². The largest absolute Gasteiger partial charge is 0.744 e. The normalized spacial score (nSPS) is 15.9. The lowest BCUT2D eigenvalue weighted by Crippen LogP contribution is -2.58. The number of aliphatic carboxylic acids is 1. The molecular formula is C52H68N10O11S-2. The Morgan fingerprint density at radius 3 is 2.04 bits per heavy atom. The Morgan fingerprint density at radius 1 is 0.743 bits per heavy atom. The number of carboxylic acid groups (broad SMARTS) is 1. The molecule has 1 heterocycles. The fraction of sp³-hybridized carbons (Fsp3) is 0.481. The van der Waals surface area contributed by atoms with Crippen LogP contribution in [-0.2, 0) is 29.2 Å². The molecule has 21 nitrogen and oxygen atoms in total. The van der Waals surface area contributed by atoms with Gasteiger partial charge in [0.1, 0.15) is 28.4 Å². The molecule has 2 fully saturated rings. The molecular weight excluding hydrogens is 973 g/mol. The van der Waals surface area contributed by atoms with Gasteiger partial charge in [0.15, 0.2) is 0 Å². The van der Waals surface area contributed by atoms with Crippen LogP contribution in [-0.4, -0.2) is 137 Å². The van der Waals surface area contributed by atoms with E-state index in [1.165, 1.54) is 18.2 Å². The van der Waals surface area contributed by atoms with Crippen LogP contribution in [0.15, 0.2) is 100 Å². The average Bonchev–Trinajstić information content (AvgIpc) is 3.39. The minimum absolute atomic E-state index is 0.0516. The summed E-state index contributed by atoms with van der Waals surface area (Å²) in [4.78, 5) is 70.2. The highest BCUT2D eigenvalue weighted by Crippen LogP contribution is 2.30. The Balaban J connectivity index is 1.04. The van der Waals surface area contributed by atoms with E-state index in [9.17, 15) is 47.2 Å². The number of benzene rings is 4. The van der Waals surface area contributed by atoms with Crippen LogP contribution in [0.5, 0.6) is 0 Å². The number of carbonyl (C=O) groups excluding carboxylic acids is 5. The maximum atomic E-state index is 14.2. The molecule has 74 heavy (non-hydrogen) atoms. The van der Waals surface area contributed by atoms with Crippen molar-refractivity contribution < 1.29 is 51.9 Å². The van der Waals surface area contributed by atoms with Crippen LogP contribution in [0.2, 0.25) is 0 Å². The number of amides is 5. The van der Waals surface area contributed by atoms with Gasteiger partial charge in [0.25, 0.3) is 5.91 Å². The molecule has 4 aromatic rings. The van der Waals surface area contributed by atoms with Crippen molar-refractivity contribution in [1.29, 1.82) is 0 Å². The molecule has 22 heteroatoms. The Labute approximate surface area is 432 Å². The molecule has 1 saturated heterocycles. The molecule has 5 amide bonds. The first-order valence-corrected chi connectivity index (χ1v) is 26.6. The van der Waals surface area contributed by atoms with E-state index in [1.807, 2.05) is 43.3 Å². The van der Waals surface area contributed by atoms with Crippen molar-refractivity contribution in [3.8, 4) is 0 Å². The second-order valence-electron chi connectivity index (χ2n) is 18.8. The first kappa shape index (κ1) is 56.6. The predicted molar refractivity (Wildman–Crippen MR) is 276 cm³/mol. The molecule has 6 rings (SSSR count). The number of aliphatic hydroxyl groups excluding tert-OH is 1. The van der Waals surface area contributed by atoms with E-state index in [4.69, 9.17) is 4.74 Å². The van der Waals surface area contributed by atoms with E-state index in [-0.39, 0.29) is 67.4 Å². The van der Waals surface area contributed by atoms with Crippen molar-refractivity contribution in [1.82, 2.24) is 31.5 Å². The fourth-order valence-electron chi connectivity index (χ4n) is 8.96. The first-order chi connectivity index (χ1) is 35.5. The van der Waals surface area contributed by atoms with E-state index in [1.54, 1.807) is 47.4 Å². The highest BCUT2D eigenvalue weighted by Gasteiger charge is 2.32. The van der Waals surface area contributed by atoms with Gasteiger partial charge in [0.2, 0.25) is 11.8 Å². The Morgan fingerprint density at radius 2 is 1.38 bits per heavy atom. The average molecular weight is 1040 g/mol. The van der Waals surface area contributed by atoms with Gasteiger partial charge < -0.3 is 60.7 Å². The quantitative estimate of drug-likeness (QED) is 0.0202. The lowest BCUT2D eigenvalue weighted by molar-refractivity contribution is -0.308. The van der Waals surface area contributed by atoms with Crippen LogP contribution in [0.3, 0.4) is 0 Å². The molecule has 0 spiro atoms. The lowest BCUT2D eigenvalue weighted by Gasteiger charge is -2.32. The number of rotatable bonds is 26. The van der Waals surface area contributed by atoms with Crippen molar-refractivity contribution in [3.05, 3.63) is 90.5 Å². The van der Waals surface area contributed by atoms with E-state index in [2.05, 4.69) is 42.1 Å². The molecule has 400 valence electrons. The van der Waals surface area contributed by atoms with Gasteiger partial charge in [0, 0.05) is 74.5 Å². The first-order valence-electron chi connectivity index (χ1n) is 25.2. The molecule has 0 radical (unpaired) electrons. The number of aliphatic hydroxyl groups is 1. The molecule has 0 aromatic heterocycles. The summed E-state index contributed by atoms with van der Waals surface area (Å²) in [6.07, 6.45) is 4.34. The summed E-state index contributed by atoms with van der Waals surface area (Å²) >= 11 is 0. The van der Waals surface area contributed by atoms with Crippen LogP contribution in [0.1, 0.15) is 81.0 Å². The van der Waals surface area contributed by atoms with Crippen molar-refractivity contribution in [2.45, 2.75) is 99.9 Å². The minimum Gasteiger partial charge on any atom is -0.744 e. The number of unbranched alkanes of at least 4 members (excludes halogenated alkanes) is 1. The number of nitrogens with one attached hydrogen (secondary N) is 6. The molecule has 0 bridgehead atoms. The maximum Gasteiger partial charge on any atom is 0.318 e. The molecule has 4 aromatic carbocycles. The minimum atomic E-state index is -4.72. The molecule has 2 unspecified atom stereocenters. The fourth-order valence-corrected chi connectivity index (χ4v) is 9.66. The van der Waals surface area contributed by atoms with E-state index in [0.29, 0.717) is 67.2 Å². The second-order valence-corrected chi connectivity index (χ2v) is 20.1. The molecule has 2 aliphatic rings. The van der Waals surface area contributed by atoms with Gasteiger partial charge in [-0.1, -0.05) is 56.4 Å². The monoisotopic (exact) mass is 1040 g/mol. The van der Waals surface area contributed by atoms with Gasteiger partial charge in [-0.15, -0.1) is 0 Å². The highest BCUT2D eigenvalue weighted by atomic mass is 32.2. The number of carbonyl (C=O) groups is 5. The van der Waals surface area contributed by atoms with Crippen LogP contribution in [0, 0.1) is 5.92 Å². The van der Waals surface area contributed by atoms with Crippen LogP contribution < -0.4 is 41.9 Å². The number of hydrogen-bond donors (Lipinski definition) is 7. The third-order valence-corrected chi connectivity index (χ3v) is 14.0. The number of anilines is 2. The molecule has 7 N–H and O–H groups in total. The van der Waals surface area contributed by atoms with E-state index >= 15 is 0 Å². The van der Waals surface area contributed by atoms with Crippen LogP contribution in [0.4, 0.5) is 27.5 Å². The number of hydrogen-bond acceptors (Lipinski definition) is 16. The maximum absolute atomic E-state index is 14.2. The summed E-state index contributed by atoms with van der Waals surface area (Å²) in [5.74, 6) is -3.19. The summed E-state index contributed by atoms with van der Waals surface area (Å²) in [5, 5.41) is 49.8. The summed E-state index contributed by atoms with van der Waals surface area (Å²) < 4.78 is 41.0. The summed E-state index contributed by atoms with van der Waals surface area (Å²) in [7, 11) is -0.828. The number of fused-ring (bicyclic) bond motifs is 1. The van der Waals surface area contributed by atoms with Gasteiger partial charge in [0.05, 0.1) is 41.5 Å². The number of morpholine rings is 1. The zero-order valence-corrected chi connectivity index (χ0v) is 42.7. The van der Waals surface area contributed by atoms with Gasteiger partial charge >= 0.3 is 6.03 Å². The Kier molecular flexibility index (Phi) is 21.5. The zero-order chi connectivity index (χ0) is 53.0. The summed E-state index contributed by atoms with van der Waals surface area (Å²) in [5.41, 5.74) is 3.22. The predicted octanol–water partition coefficient (Wildman–Crippen LogP) is 4.03. The second kappa shape index (κ2) is 28.1. The lowest BCUT2D eigenvalue weighted by atomic mass is 9.84. The third-order valence-electron chi connectivity index (χ3n) is 13.1. The smallest absolute Gasteiger partial charge is 0.318 e. The van der Waals surface area contributed by atoms with Crippen LogP contribution >= 0.6 is 0 Å². The van der Waals surface area contributed by atoms with Crippen molar-refractivity contribution in [3.63, 3.8) is 0 Å². The molecule has 4 atom stereocenters. The highest BCUT2D eigenvalue weighted by molar-refractivity contribution is 7.86. The standard InChI is InChI=1S/C52H70N10O11S/c1-61(2)39-23-21-38(22-24-39)60-59-37-19-17-36(18-20-37)48(64)55-27-7-6-14-44(51(67)68)57-49(65)43(56-50(66)45(34-35-10-4-3-5-11-35)58-52(69)62-30-32-73-33-31-62)25-26-47(63)54-29-28-53-42-15-8-13-41-40(42)12-9-16-46(41)74(70,71)72/h8-9,12-13,15-24,35,43-45,47,53-54,63H,3-7,10-11,14,25-34H2,1-2H3,(H,55,64)(H,56,66)(H,57,65)(H,58,69)(H,67,68)(H,70,71,72)/p-2/t43?,44-,45-,47?/m0/s1. The van der Waals surface area contributed by atoms with Crippen molar-refractivity contribution in [2.75, 3.05) is 70.2 Å². The van der Waals surface area contributed by atoms with Crippen molar-refractivity contribution in [2.24, 2.45) is 16.1 Å². The number of urea groups is 1. The van der Waals surface area contributed by atoms with Crippen LogP contribution in [0.25, 0.3) is 10.8 Å². The molecule has 1 aliphatic carbocycles. The van der Waals surface area contributed by atoms with E-state index in [0.717, 1.165) is 37.8 Å². The number of ether oxygens (including phenoxy) is 1. The number of carboxylic acids is 1. The molecule has 1 saturated carbocycles. The Hall–Kier alpha value is -6.72. The Bertz CT molecular complexity index is 2640. The zero-order valence-electron chi connectivity index (χ0n) is 41.9. The number of nitrogens with zero attached hydrogens (tertiary/aromatic N) is 4. The van der Waals surface area contributed by atoms with Gasteiger partial charge in [-0.05, 0) is 105 Å². The van der Waals surface area contributed by atoms with Gasteiger partial charge in [-0.25, -0.2) is 13.2 Å². The number of azo groups is 1. The summed E-state index contributed by atoms with van der Waals surface area (Å²) in [6.45, 7) is 2.05. The van der Waals surface area contributed by atoms with E-state index < -0.39 is 58.3 Å². The van der Waals surface area contributed by atoms with Crippen molar-refractivity contribution >= 4 is 73.4 Å². The SMILES string of the molecule is CN(C)c1ccc(N=Nc2ccc(C(=O)NCCCC[C@H](NC(=O)C(CCC(O)NCCNc3cccc4c(S(=O)(=O)[O-])cccc34)NC(=O)[C@H](CC3CCCCC3)NC(=O)N3CCOCC3)C(=O)[O-])cc2)cc1. The van der Waals surface area contributed by atoms with Gasteiger partial charge in [-0.3, -0.25) is 19.7 Å². The third kappa shape index (κ3) is 17.5. The molecule has 1 aliphatic heterocycles. The summed E-state index contributed by atoms with van der Waals surface area (Å²) in [6, 6.07) is 19.2.